The predicted octanol–water partition coefficient (Wildman–Crippen LogP) is 4.30. The molecule has 0 aromatic heterocycles. The molecule has 0 saturated heterocycles. The lowest BCUT2D eigenvalue weighted by atomic mass is 10.2. The minimum absolute atomic E-state index is 0.0444. The van der Waals surface area contributed by atoms with E-state index in [0.29, 0.717) is 17.9 Å². The van der Waals surface area contributed by atoms with Crippen LogP contribution in [0.25, 0.3) is 6.08 Å². The third kappa shape index (κ3) is 6.46. The van der Waals surface area contributed by atoms with E-state index in [1.165, 1.54) is 18.2 Å². The molecule has 0 aliphatic heterocycles. The van der Waals surface area contributed by atoms with Crippen molar-refractivity contribution in [2.75, 3.05) is 18.5 Å². The lowest BCUT2D eigenvalue weighted by Crippen LogP contribution is -2.20. The van der Waals surface area contributed by atoms with E-state index in [-0.39, 0.29) is 5.69 Å². The summed E-state index contributed by atoms with van der Waals surface area (Å²) >= 11 is 0. The number of anilines is 1. The van der Waals surface area contributed by atoms with Gasteiger partial charge in [-0.3, -0.25) is 4.79 Å². The van der Waals surface area contributed by atoms with E-state index in [1.807, 2.05) is 6.92 Å². The van der Waals surface area contributed by atoms with Gasteiger partial charge < -0.3 is 14.8 Å². The maximum Gasteiger partial charge on any atom is 0.416 e. The molecule has 0 aliphatic rings. The number of esters is 1. The fourth-order valence-corrected chi connectivity index (χ4v) is 2.22. The summed E-state index contributed by atoms with van der Waals surface area (Å²) in [6.07, 6.45) is -1.90. The molecule has 0 heterocycles. The maximum atomic E-state index is 12.7. The van der Waals surface area contributed by atoms with Crippen LogP contribution in [0.3, 0.4) is 0 Å². The molecule has 2 rings (SSSR count). The minimum atomic E-state index is -4.52. The standard InChI is InChI=1S/C20H18F3NO4/c1-2-27-17-9-4-3-6-14(17)10-11-19(26)28-13-18(25)24-16-8-5-7-15(12-16)20(21,22)23/h3-12H,2,13H2,1H3,(H,24,25)/b11-10+. The fourth-order valence-electron chi connectivity index (χ4n) is 2.22. The molecule has 0 saturated carbocycles. The fraction of sp³-hybridized carbons (Fsp3) is 0.200. The van der Waals surface area contributed by atoms with Crippen molar-refractivity contribution in [1.29, 1.82) is 0 Å². The molecule has 5 nitrogen and oxygen atoms in total. The average molecular weight is 393 g/mol. The van der Waals surface area contributed by atoms with Crippen molar-refractivity contribution in [2.24, 2.45) is 0 Å². The highest BCUT2D eigenvalue weighted by Crippen LogP contribution is 2.30. The second-order valence-corrected chi connectivity index (χ2v) is 5.54. The van der Waals surface area contributed by atoms with E-state index >= 15 is 0 Å². The molecule has 0 radical (unpaired) electrons. The van der Waals surface area contributed by atoms with Gasteiger partial charge in [-0.2, -0.15) is 13.2 Å². The van der Waals surface area contributed by atoms with Crippen molar-refractivity contribution < 1.29 is 32.2 Å². The van der Waals surface area contributed by atoms with Crippen LogP contribution < -0.4 is 10.1 Å². The number of rotatable bonds is 7. The molecule has 148 valence electrons. The van der Waals surface area contributed by atoms with Gasteiger partial charge in [0.1, 0.15) is 5.75 Å². The van der Waals surface area contributed by atoms with E-state index in [1.54, 1.807) is 24.3 Å². The van der Waals surface area contributed by atoms with Gasteiger partial charge in [-0.15, -0.1) is 0 Å². The second-order valence-electron chi connectivity index (χ2n) is 5.54. The molecule has 1 amide bonds. The highest BCUT2D eigenvalue weighted by atomic mass is 19.4. The average Bonchev–Trinajstić information content (AvgIpc) is 2.65. The second kappa shape index (κ2) is 9.59. The van der Waals surface area contributed by atoms with Crippen LogP contribution in [-0.4, -0.2) is 25.1 Å². The summed E-state index contributed by atoms with van der Waals surface area (Å²) in [5, 5.41) is 2.25. The van der Waals surface area contributed by atoms with Crippen LogP contribution in [-0.2, 0) is 20.5 Å². The molecule has 0 bridgehead atoms. The first-order chi connectivity index (χ1) is 13.3. The Morgan fingerprint density at radius 1 is 1.11 bits per heavy atom. The van der Waals surface area contributed by atoms with Crippen LogP contribution in [0.2, 0.25) is 0 Å². The molecule has 0 atom stereocenters. The van der Waals surface area contributed by atoms with Crippen molar-refractivity contribution >= 4 is 23.6 Å². The normalized spacial score (nSPS) is 11.3. The Bertz CT molecular complexity index is 863. The number of nitrogens with one attached hydrogen (secondary N) is 1. The van der Waals surface area contributed by atoms with Crippen molar-refractivity contribution in [2.45, 2.75) is 13.1 Å². The van der Waals surface area contributed by atoms with Gasteiger partial charge >= 0.3 is 12.1 Å². The van der Waals surface area contributed by atoms with Crippen LogP contribution in [0, 0.1) is 0 Å². The Morgan fingerprint density at radius 2 is 1.86 bits per heavy atom. The van der Waals surface area contributed by atoms with E-state index in [0.717, 1.165) is 18.2 Å². The molecule has 8 heteroatoms. The molecule has 28 heavy (non-hydrogen) atoms. The predicted molar refractivity (Wildman–Crippen MR) is 97.7 cm³/mol. The molecule has 0 unspecified atom stereocenters. The SMILES string of the molecule is CCOc1ccccc1/C=C/C(=O)OCC(=O)Nc1cccc(C(F)(F)F)c1. The van der Waals surface area contributed by atoms with Crippen LogP contribution in [0.1, 0.15) is 18.1 Å². The van der Waals surface area contributed by atoms with Crippen LogP contribution >= 0.6 is 0 Å². The largest absolute Gasteiger partial charge is 0.493 e. The van der Waals surface area contributed by atoms with Crippen LogP contribution in [0.5, 0.6) is 5.75 Å². The van der Waals surface area contributed by atoms with Gasteiger partial charge in [0.05, 0.1) is 12.2 Å². The summed E-state index contributed by atoms with van der Waals surface area (Å²) in [6, 6.07) is 11.2. The smallest absolute Gasteiger partial charge is 0.416 e. The number of hydrogen-bond acceptors (Lipinski definition) is 4. The Balaban J connectivity index is 1.88. The number of benzene rings is 2. The number of carbonyl (C=O) groups excluding carboxylic acids is 2. The summed E-state index contributed by atoms with van der Waals surface area (Å²) in [6.45, 7) is 1.66. The van der Waals surface area contributed by atoms with Crippen molar-refractivity contribution in [1.82, 2.24) is 0 Å². The summed E-state index contributed by atoms with van der Waals surface area (Å²) in [5.74, 6) is -0.933. The Hall–Kier alpha value is -3.29. The van der Waals surface area contributed by atoms with Gasteiger partial charge in [0.15, 0.2) is 6.61 Å². The topological polar surface area (TPSA) is 64.6 Å². The van der Waals surface area contributed by atoms with Crippen molar-refractivity contribution in [3.05, 3.63) is 65.7 Å². The summed E-state index contributed by atoms with van der Waals surface area (Å²) in [5.41, 5.74) is -0.273. The molecule has 2 aromatic carbocycles. The third-order valence-electron chi connectivity index (χ3n) is 3.44. The maximum absolute atomic E-state index is 12.7. The molecule has 1 N–H and O–H groups in total. The molecular weight excluding hydrogens is 375 g/mol. The highest BCUT2D eigenvalue weighted by molar-refractivity contribution is 5.94. The third-order valence-corrected chi connectivity index (χ3v) is 3.44. The number of ether oxygens (including phenoxy) is 2. The Morgan fingerprint density at radius 3 is 2.57 bits per heavy atom. The van der Waals surface area contributed by atoms with Crippen LogP contribution in [0.4, 0.5) is 18.9 Å². The first-order valence-electron chi connectivity index (χ1n) is 8.33. The van der Waals surface area contributed by atoms with Crippen molar-refractivity contribution in [3.8, 4) is 5.75 Å². The van der Waals surface area contributed by atoms with Gasteiger partial charge in [-0.1, -0.05) is 24.3 Å². The summed E-state index contributed by atoms with van der Waals surface area (Å²) in [7, 11) is 0. The molecule has 2 aromatic rings. The van der Waals surface area contributed by atoms with Gasteiger partial charge in [0.25, 0.3) is 5.91 Å². The Kier molecular flexibility index (Phi) is 7.20. The first kappa shape index (κ1) is 21.0. The summed E-state index contributed by atoms with van der Waals surface area (Å²) in [4.78, 5) is 23.5. The molecule has 0 spiro atoms. The number of carbonyl (C=O) groups is 2. The Labute approximate surface area is 159 Å². The minimum Gasteiger partial charge on any atom is -0.493 e. The lowest BCUT2D eigenvalue weighted by molar-refractivity contribution is -0.142. The molecular formula is C20H18F3NO4. The highest BCUT2D eigenvalue weighted by Gasteiger charge is 2.30. The number of alkyl halides is 3. The first-order valence-corrected chi connectivity index (χ1v) is 8.33. The summed E-state index contributed by atoms with van der Waals surface area (Å²) < 4.78 is 48.2. The number of hydrogen-bond donors (Lipinski definition) is 1. The zero-order valence-electron chi connectivity index (χ0n) is 15.0. The van der Waals surface area contributed by atoms with Gasteiger partial charge in [-0.25, -0.2) is 4.79 Å². The van der Waals surface area contributed by atoms with Crippen molar-refractivity contribution in [3.63, 3.8) is 0 Å². The van der Waals surface area contributed by atoms with E-state index in [4.69, 9.17) is 9.47 Å². The quantitative estimate of drug-likeness (QED) is 0.563. The molecule has 0 fully saturated rings. The van der Waals surface area contributed by atoms with Gasteiger partial charge in [-0.05, 0) is 37.3 Å². The lowest BCUT2D eigenvalue weighted by Gasteiger charge is -2.10. The zero-order valence-corrected chi connectivity index (χ0v) is 15.0. The monoisotopic (exact) mass is 393 g/mol. The number of para-hydroxylation sites is 1. The van der Waals surface area contributed by atoms with E-state index in [9.17, 15) is 22.8 Å². The van der Waals surface area contributed by atoms with Gasteiger partial charge in [0, 0.05) is 17.3 Å². The molecule has 0 aliphatic carbocycles. The van der Waals surface area contributed by atoms with Crippen LogP contribution in [0.15, 0.2) is 54.6 Å². The number of halogens is 3. The zero-order chi connectivity index (χ0) is 20.6. The number of amides is 1. The van der Waals surface area contributed by atoms with Gasteiger partial charge in [0.2, 0.25) is 0 Å². The van der Waals surface area contributed by atoms with E-state index in [2.05, 4.69) is 5.32 Å². The van der Waals surface area contributed by atoms with E-state index < -0.39 is 30.2 Å².